The Morgan fingerprint density at radius 2 is 1.57 bits per heavy atom. The standard InChI is InChI=1S/C37H37F5N6O3/c1-3-47(4-2)26-11-8-24(9-12-26)35-45-32-19-25(10-16-33(32)48(35)21-22-5-13-27(14-6-22)51-37(40,41)42)31(20-34(44)49)46-36(50)30(43)18-23-7-15-28(38)29(39)17-23/h5-17,19,30-31H,3-4,18,20-21,43H2,1-2H3,(H2,44,49)(H,46,50)/t30-,31?/m0/s1. The van der Waals surface area contributed by atoms with E-state index in [4.69, 9.17) is 16.5 Å². The molecule has 1 unspecified atom stereocenters. The van der Waals surface area contributed by atoms with Crippen LogP contribution < -0.4 is 26.4 Å². The molecule has 4 aromatic carbocycles. The van der Waals surface area contributed by atoms with Gasteiger partial charge in [0, 0.05) is 30.9 Å². The minimum atomic E-state index is -4.82. The molecule has 9 nitrogen and oxygen atoms in total. The number of amides is 2. The van der Waals surface area contributed by atoms with Crippen LogP contribution in [0.5, 0.6) is 5.75 Å². The molecule has 1 heterocycles. The van der Waals surface area contributed by atoms with Crippen LogP contribution in [-0.4, -0.2) is 46.9 Å². The summed E-state index contributed by atoms with van der Waals surface area (Å²) in [6, 6.07) is 19.8. The number of nitrogens with zero attached hydrogens (tertiary/aromatic N) is 3. The minimum Gasteiger partial charge on any atom is -0.406 e. The van der Waals surface area contributed by atoms with E-state index in [9.17, 15) is 31.5 Å². The van der Waals surface area contributed by atoms with E-state index in [1.165, 1.54) is 30.3 Å². The highest BCUT2D eigenvalue weighted by Gasteiger charge is 2.31. The second kappa shape index (κ2) is 15.6. The summed E-state index contributed by atoms with van der Waals surface area (Å²) in [7, 11) is 0. The van der Waals surface area contributed by atoms with Crippen LogP contribution >= 0.6 is 0 Å². The molecule has 0 fully saturated rings. The van der Waals surface area contributed by atoms with Gasteiger partial charge >= 0.3 is 6.36 Å². The number of alkyl halides is 3. The Morgan fingerprint density at radius 3 is 2.18 bits per heavy atom. The van der Waals surface area contributed by atoms with Crippen molar-refractivity contribution in [2.75, 3.05) is 18.0 Å². The first-order chi connectivity index (χ1) is 24.2. The SMILES string of the molecule is CCN(CC)c1ccc(-c2nc3cc(C(CC(N)=O)NC(=O)[C@@H](N)Cc4ccc(F)c(F)c4)ccc3n2Cc2ccc(OC(F)(F)F)cc2)cc1. The lowest BCUT2D eigenvalue weighted by Crippen LogP contribution is -2.44. The molecule has 0 bridgehead atoms. The highest BCUT2D eigenvalue weighted by Crippen LogP contribution is 2.31. The van der Waals surface area contributed by atoms with Gasteiger partial charge in [0.15, 0.2) is 11.6 Å². The molecule has 5 rings (SSSR count). The summed E-state index contributed by atoms with van der Waals surface area (Å²) in [5.74, 6) is -3.18. The van der Waals surface area contributed by atoms with Gasteiger partial charge in [-0.2, -0.15) is 0 Å². The first kappa shape index (κ1) is 36.8. The molecule has 268 valence electrons. The van der Waals surface area contributed by atoms with Crippen molar-refractivity contribution in [3.05, 3.63) is 113 Å². The number of nitrogens with one attached hydrogen (secondary N) is 1. The van der Waals surface area contributed by atoms with Crippen LogP contribution in [0.3, 0.4) is 0 Å². The zero-order valence-corrected chi connectivity index (χ0v) is 27.9. The molecule has 0 saturated carbocycles. The molecule has 2 amide bonds. The van der Waals surface area contributed by atoms with E-state index < -0.39 is 41.9 Å². The van der Waals surface area contributed by atoms with Gasteiger partial charge in [0.05, 0.1) is 29.5 Å². The third kappa shape index (κ3) is 9.19. The summed E-state index contributed by atoms with van der Waals surface area (Å²) in [4.78, 5) is 32.4. The molecular formula is C37H37F5N6O3. The number of fused-ring (bicyclic) bond motifs is 1. The van der Waals surface area contributed by atoms with Crippen molar-refractivity contribution < 1.29 is 36.3 Å². The Hall–Kier alpha value is -5.50. The summed E-state index contributed by atoms with van der Waals surface area (Å²) >= 11 is 0. The molecule has 5 N–H and O–H groups in total. The lowest BCUT2D eigenvalue weighted by molar-refractivity contribution is -0.274. The Bertz CT molecular complexity index is 1990. The second-order valence-corrected chi connectivity index (χ2v) is 12.0. The molecule has 1 aromatic heterocycles. The van der Waals surface area contributed by atoms with E-state index in [0.29, 0.717) is 33.5 Å². The quantitative estimate of drug-likeness (QED) is 0.115. The minimum absolute atomic E-state index is 0.0878. The predicted molar refractivity (Wildman–Crippen MR) is 184 cm³/mol. The van der Waals surface area contributed by atoms with Crippen molar-refractivity contribution in [1.82, 2.24) is 14.9 Å². The van der Waals surface area contributed by atoms with Crippen molar-refractivity contribution in [2.45, 2.75) is 51.7 Å². The molecule has 0 spiro atoms. The highest BCUT2D eigenvalue weighted by molar-refractivity contribution is 5.85. The maximum Gasteiger partial charge on any atom is 0.573 e. The number of imidazole rings is 1. The van der Waals surface area contributed by atoms with E-state index >= 15 is 0 Å². The first-order valence-electron chi connectivity index (χ1n) is 16.2. The fourth-order valence-electron chi connectivity index (χ4n) is 5.88. The number of anilines is 1. The zero-order valence-electron chi connectivity index (χ0n) is 27.9. The molecule has 0 radical (unpaired) electrons. The van der Waals surface area contributed by atoms with Gasteiger partial charge in [-0.15, -0.1) is 13.2 Å². The zero-order chi connectivity index (χ0) is 36.9. The topological polar surface area (TPSA) is 128 Å². The number of aromatic nitrogens is 2. The highest BCUT2D eigenvalue weighted by atomic mass is 19.4. The predicted octanol–water partition coefficient (Wildman–Crippen LogP) is 6.38. The summed E-state index contributed by atoms with van der Waals surface area (Å²) in [5, 5.41) is 2.75. The van der Waals surface area contributed by atoms with Gasteiger partial charge in [0.25, 0.3) is 0 Å². The van der Waals surface area contributed by atoms with Crippen LogP contribution in [-0.2, 0) is 22.6 Å². The molecule has 14 heteroatoms. The average Bonchev–Trinajstić information content (AvgIpc) is 3.44. The van der Waals surface area contributed by atoms with Crippen LogP contribution in [0.15, 0.2) is 84.9 Å². The summed E-state index contributed by atoms with van der Waals surface area (Å²) in [5.41, 5.74) is 16.2. The molecule has 0 aliphatic carbocycles. The van der Waals surface area contributed by atoms with Gasteiger partial charge in [-0.1, -0.05) is 24.3 Å². The Balaban J connectivity index is 1.48. The van der Waals surface area contributed by atoms with Gasteiger partial charge < -0.3 is 31.0 Å². The Kier molecular flexibility index (Phi) is 11.2. The van der Waals surface area contributed by atoms with Gasteiger partial charge in [-0.25, -0.2) is 13.8 Å². The summed E-state index contributed by atoms with van der Waals surface area (Å²) in [6.45, 7) is 6.02. The normalized spacial score (nSPS) is 12.8. The van der Waals surface area contributed by atoms with Crippen molar-refractivity contribution >= 4 is 28.5 Å². The monoisotopic (exact) mass is 708 g/mol. The third-order valence-corrected chi connectivity index (χ3v) is 8.42. The third-order valence-electron chi connectivity index (χ3n) is 8.42. The smallest absolute Gasteiger partial charge is 0.406 e. The van der Waals surface area contributed by atoms with Crippen LogP contribution in [0.1, 0.15) is 43.0 Å². The largest absolute Gasteiger partial charge is 0.573 e. The molecule has 0 aliphatic heterocycles. The summed E-state index contributed by atoms with van der Waals surface area (Å²) < 4.78 is 71.3. The number of rotatable bonds is 14. The number of ether oxygens (including phenoxy) is 1. The number of halogens is 5. The van der Waals surface area contributed by atoms with Gasteiger partial charge in [0.1, 0.15) is 11.6 Å². The van der Waals surface area contributed by atoms with Gasteiger partial charge in [0.2, 0.25) is 11.8 Å². The number of hydrogen-bond donors (Lipinski definition) is 3. The van der Waals surface area contributed by atoms with Crippen LogP contribution in [0.25, 0.3) is 22.4 Å². The van der Waals surface area contributed by atoms with E-state index in [-0.39, 0.29) is 25.1 Å². The van der Waals surface area contributed by atoms with Crippen molar-refractivity contribution in [2.24, 2.45) is 11.5 Å². The van der Waals surface area contributed by atoms with Crippen molar-refractivity contribution in [1.29, 1.82) is 0 Å². The molecule has 0 aliphatic rings. The number of nitrogens with two attached hydrogens (primary N) is 2. The van der Waals surface area contributed by atoms with Crippen LogP contribution in [0, 0.1) is 11.6 Å². The van der Waals surface area contributed by atoms with E-state index in [0.717, 1.165) is 36.5 Å². The number of benzene rings is 4. The van der Waals surface area contributed by atoms with Gasteiger partial charge in [-0.3, -0.25) is 9.59 Å². The van der Waals surface area contributed by atoms with E-state index in [1.807, 2.05) is 28.8 Å². The maximum atomic E-state index is 13.7. The van der Waals surface area contributed by atoms with Crippen LogP contribution in [0.2, 0.25) is 0 Å². The fraction of sp³-hybridized carbons (Fsp3) is 0.270. The molecular weight excluding hydrogens is 671 g/mol. The summed E-state index contributed by atoms with van der Waals surface area (Å²) in [6.07, 6.45) is -5.17. The fourth-order valence-corrected chi connectivity index (χ4v) is 5.88. The van der Waals surface area contributed by atoms with E-state index in [2.05, 4.69) is 28.8 Å². The molecule has 0 saturated heterocycles. The average molecular weight is 709 g/mol. The Morgan fingerprint density at radius 1 is 0.902 bits per heavy atom. The van der Waals surface area contributed by atoms with Crippen molar-refractivity contribution in [3.8, 4) is 17.1 Å². The van der Waals surface area contributed by atoms with E-state index in [1.54, 1.807) is 18.2 Å². The van der Waals surface area contributed by atoms with Crippen molar-refractivity contribution in [3.63, 3.8) is 0 Å². The molecule has 51 heavy (non-hydrogen) atoms. The lowest BCUT2D eigenvalue weighted by Gasteiger charge is -2.21. The second-order valence-electron chi connectivity index (χ2n) is 12.0. The molecule has 5 aromatic rings. The lowest BCUT2D eigenvalue weighted by atomic mass is 10.0. The number of hydrogen-bond acceptors (Lipinski definition) is 6. The molecule has 2 atom stereocenters. The first-order valence-corrected chi connectivity index (χ1v) is 16.2. The number of carbonyl (C=O) groups excluding carboxylic acids is 2. The van der Waals surface area contributed by atoms with Gasteiger partial charge in [-0.05, 0) is 97.6 Å². The number of carbonyl (C=O) groups is 2. The van der Waals surface area contributed by atoms with Crippen LogP contribution in [0.4, 0.5) is 27.6 Å². The number of primary amides is 1. The Labute approximate surface area is 291 Å². The maximum absolute atomic E-state index is 13.7.